The smallest absolute Gasteiger partial charge is 0.255 e. The molecule has 0 saturated carbocycles. The molecule has 0 unspecified atom stereocenters. The molecular weight excluding hydrogens is 234 g/mol. The summed E-state index contributed by atoms with van der Waals surface area (Å²) in [7, 11) is 0. The van der Waals surface area contributed by atoms with E-state index in [9.17, 15) is 0 Å². The van der Waals surface area contributed by atoms with Crippen LogP contribution < -0.4 is 10.6 Å². The number of hydrogen-bond donors (Lipinski definition) is 1. The van der Waals surface area contributed by atoms with Crippen molar-refractivity contribution in [1.29, 1.82) is 5.26 Å². The molecule has 3 heterocycles. The second-order valence-corrected chi connectivity index (χ2v) is 3.89. The third kappa shape index (κ3) is 1.61. The van der Waals surface area contributed by atoms with Crippen LogP contribution in [0.5, 0.6) is 0 Å². The molecular formula is C10H11N7O. The van der Waals surface area contributed by atoms with E-state index in [4.69, 9.17) is 15.7 Å². The van der Waals surface area contributed by atoms with E-state index in [0.717, 1.165) is 13.1 Å². The molecule has 2 N–H and O–H groups in total. The van der Waals surface area contributed by atoms with Gasteiger partial charge in [0.25, 0.3) is 5.78 Å². The summed E-state index contributed by atoms with van der Waals surface area (Å²) in [5.74, 6) is 1.22. The van der Waals surface area contributed by atoms with Crippen LogP contribution in [0.15, 0.2) is 6.20 Å². The molecule has 0 atom stereocenters. The highest BCUT2D eigenvalue weighted by molar-refractivity contribution is 5.53. The highest BCUT2D eigenvalue weighted by Gasteiger charge is 2.17. The summed E-state index contributed by atoms with van der Waals surface area (Å²) in [4.78, 5) is 10.4. The standard InChI is InChI=1S/C10H11N7O/c11-5-7-6-13-9-14-10(15-17(9)8(7)12)16-1-3-18-4-2-16/h6H,1-4,12H2. The largest absolute Gasteiger partial charge is 0.382 e. The van der Waals surface area contributed by atoms with Crippen LogP contribution in [-0.4, -0.2) is 45.9 Å². The second-order valence-electron chi connectivity index (χ2n) is 3.89. The van der Waals surface area contributed by atoms with Crippen molar-refractivity contribution in [2.75, 3.05) is 36.9 Å². The quantitative estimate of drug-likeness (QED) is 0.716. The zero-order valence-corrected chi connectivity index (χ0v) is 9.57. The molecule has 92 valence electrons. The number of rotatable bonds is 1. The van der Waals surface area contributed by atoms with E-state index < -0.39 is 0 Å². The predicted molar refractivity (Wildman–Crippen MR) is 62.9 cm³/mol. The lowest BCUT2D eigenvalue weighted by Crippen LogP contribution is -2.36. The van der Waals surface area contributed by atoms with Crippen LogP contribution >= 0.6 is 0 Å². The lowest BCUT2D eigenvalue weighted by molar-refractivity contribution is 0.122. The molecule has 1 fully saturated rings. The lowest BCUT2D eigenvalue weighted by atomic mass is 10.3. The second kappa shape index (κ2) is 4.12. The Morgan fingerprint density at radius 3 is 2.89 bits per heavy atom. The number of nitriles is 1. The summed E-state index contributed by atoms with van der Waals surface area (Å²) in [6.45, 7) is 2.79. The zero-order chi connectivity index (χ0) is 12.5. The maximum atomic E-state index is 8.87. The molecule has 8 heteroatoms. The molecule has 3 rings (SSSR count). The number of nitrogens with two attached hydrogens (primary N) is 1. The Morgan fingerprint density at radius 1 is 1.39 bits per heavy atom. The Hall–Kier alpha value is -2.40. The zero-order valence-electron chi connectivity index (χ0n) is 9.57. The van der Waals surface area contributed by atoms with Crippen molar-refractivity contribution in [3.63, 3.8) is 0 Å². The molecule has 0 bridgehead atoms. The van der Waals surface area contributed by atoms with Crippen LogP contribution in [0.25, 0.3) is 5.78 Å². The fraction of sp³-hybridized carbons (Fsp3) is 0.400. The first kappa shape index (κ1) is 10.7. The number of fused-ring (bicyclic) bond motifs is 1. The van der Waals surface area contributed by atoms with Gasteiger partial charge in [-0.3, -0.25) is 0 Å². The molecule has 0 aromatic carbocycles. The summed E-state index contributed by atoms with van der Waals surface area (Å²) in [5, 5.41) is 13.2. The predicted octanol–water partition coefficient (Wildman–Crippen LogP) is -0.585. The molecule has 0 amide bonds. The first-order valence-electron chi connectivity index (χ1n) is 5.53. The van der Waals surface area contributed by atoms with E-state index in [-0.39, 0.29) is 5.82 Å². The van der Waals surface area contributed by atoms with Crippen LogP contribution in [-0.2, 0) is 4.74 Å². The Balaban J connectivity index is 2.05. The molecule has 2 aromatic heterocycles. The van der Waals surface area contributed by atoms with Crippen molar-refractivity contribution in [2.45, 2.75) is 0 Å². The topological polar surface area (TPSA) is 105 Å². The average molecular weight is 245 g/mol. The van der Waals surface area contributed by atoms with Crippen molar-refractivity contribution < 1.29 is 4.74 Å². The number of aromatic nitrogens is 4. The molecule has 0 aliphatic carbocycles. The molecule has 0 radical (unpaired) electrons. The summed E-state index contributed by atoms with van der Waals surface area (Å²) in [6.07, 6.45) is 1.41. The Labute approximate surface area is 103 Å². The van der Waals surface area contributed by atoms with Gasteiger partial charge in [-0.15, -0.1) is 5.10 Å². The van der Waals surface area contributed by atoms with Gasteiger partial charge in [0.15, 0.2) is 0 Å². The number of ether oxygens (including phenoxy) is 1. The van der Waals surface area contributed by atoms with Crippen LogP contribution in [0.2, 0.25) is 0 Å². The van der Waals surface area contributed by atoms with Crippen molar-refractivity contribution in [2.24, 2.45) is 0 Å². The lowest BCUT2D eigenvalue weighted by Gasteiger charge is -2.25. The molecule has 2 aromatic rings. The van der Waals surface area contributed by atoms with E-state index in [1.165, 1.54) is 10.7 Å². The van der Waals surface area contributed by atoms with E-state index >= 15 is 0 Å². The normalized spacial score (nSPS) is 15.8. The van der Waals surface area contributed by atoms with Crippen molar-refractivity contribution >= 4 is 17.5 Å². The van der Waals surface area contributed by atoms with E-state index in [1.807, 2.05) is 11.0 Å². The first-order chi connectivity index (χ1) is 8.79. The third-order valence-electron chi connectivity index (χ3n) is 2.81. The minimum Gasteiger partial charge on any atom is -0.382 e. The minimum atomic E-state index is 0.259. The minimum absolute atomic E-state index is 0.259. The summed E-state index contributed by atoms with van der Waals surface area (Å²) < 4.78 is 6.66. The number of hydrogen-bond acceptors (Lipinski definition) is 7. The Bertz CT molecular complexity index is 623. The summed E-state index contributed by atoms with van der Waals surface area (Å²) >= 11 is 0. The van der Waals surface area contributed by atoms with Gasteiger partial charge in [-0.05, 0) is 0 Å². The monoisotopic (exact) mass is 245 g/mol. The van der Waals surface area contributed by atoms with Gasteiger partial charge in [-0.2, -0.15) is 14.8 Å². The number of morpholine rings is 1. The van der Waals surface area contributed by atoms with Gasteiger partial charge in [0.2, 0.25) is 5.95 Å². The van der Waals surface area contributed by atoms with Crippen LogP contribution in [0.1, 0.15) is 5.56 Å². The molecule has 1 aliphatic heterocycles. The first-order valence-corrected chi connectivity index (χ1v) is 5.53. The molecule has 0 spiro atoms. The maximum Gasteiger partial charge on any atom is 0.255 e. The van der Waals surface area contributed by atoms with Gasteiger partial charge in [-0.1, -0.05) is 0 Å². The van der Waals surface area contributed by atoms with Crippen LogP contribution in [0, 0.1) is 11.3 Å². The van der Waals surface area contributed by atoms with Gasteiger partial charge < -0.3 is 15.4 Å². The fourth-order valence-corrected chi connectivity index (χ4v) is 1.82. The number of anilines is 2. The molecule has 8 nitrogen and oxygen atoms in total. The van der Waals surface area contributed by atoms with Gasteiger partial charge in [0.1, 0.15) is 17.5 Å². The van der Waals surface area contributed by atoms with Crippen molar-refractivity contribution in [3.8, 4) is 6.07 Å². The SMILES string of the molecule is N#Cc1cnc2nc(N3CCOCC3)nn2c1N. The fourth-order valence-electron chi connectivity index (χ4n) is 1.82. The molecule has 1 saturated heterocycles. The third-order valence-corrected chi connectivity index (χ3v) is 2.81. The Kier molecular flexibility index (Phi) is 2.46. The summed E-state index contributed by atoms with van der Waals surface area (Å²) in [5.41, 5.74) is 6.12. The summed E-state index contributed by atoms with van der Waals surface area (Å²) in [6, 6.07) is 1.97. The van der Waals surface area contributed by atoms with Crippen molar-refractivity contribution in [3.05, 3.63) is 11.8 Å². The molecule has 1 aliphatic rings. The highest BCUT2D eigenvalue weighted by Crippen LogP contribution is 2.15. The van der Waals surface area contributed by atoms with Gasteiger partial charge in [0.05, 0.1) is 19.4 Å². The van der Waals surface area contributed by atoms with Crippen LogP contribution in [0.4, 0.5) is 11.8 Å². The van der Waals surface area contributed by atoms with Gasteiger partial charge in [-0.25, -0.2) is 4.98 Å². The van der Waals surface area contributed by atoms with Crippen molar-refractivity contribution in [1.82, 2.24) is 19.6 Å². The highest BCUT2D eigenvalue weighted by atomic mass is 16.5. The average Bonchev–Trinajstić information content (AvgIpc) is 2.85. The Morgan fingerprint density at radius 2 is 2.17 bits per heavy atom. The molecule has 18 heavy (non-hydrogen) atoms. The number of nitrogen functional groups attached to an aromatic ring is 1. The van der Waals surface area contributed by atoms with Gasteiger partial charge >= 0.3 is 0 Å². The van der Waals surface area contributed by atoms with Crippen LogP contribution in [0.3, 0.4) is 0 Å². The van der Waals surface area contributed by atoms with E-state index in [2.05, 4.69) is 15.1 Å². The van der Waals surface area contributed by atoms with E-state index in [0.29, 0.717) is 30.5 Å². The van der Waals surface area contributed by atoms with Gasteiger partial charge in [0, 0.05) is 13.1 Å². The number of nitrogens with zero attached hydrogens (tertiary/aromatic N) is 6. The maximum absolute atomic E-state index is 8.87. The van der Waals surface area contributed by atoms with E-state index in [1.54, 1.807) is 0 Å².